The highest BCUT2D eigenvalue weighted by Crippen LogP contribution is 2.09. The maximum Gasteiger partial charge on any atom is 0.0220 e. The van der Waals surface area contributed by atoms with E-state index in [0.717, 1.165) is 25.0 Å². The highest BCUT2D eigenvalue weighted by Gasteiger charge is 2.16. The fourth-order valence-electron chi connectivity index (χ4n) is 2.20. The number of nitrogens with one attached hydrogen (secondary N) is 1. The van der Waals surface area contributed by atoms with Gasteiger partial charge in [0, 0.05) is 19.1 Å². The number of nitrogens with zero attached hydrogens (tertiary/aromatic N) is 1. The summed E-state index contributed by atoms with van der Waals surface area (Å²) in [6.07, 6.45) is 3.83. The predicted octanol–water partition coefficient (Wildman–Crippen LogP) is 3.13. The zero-order valence-electron chi connectivity index (χ0n) is 12.1. The van der Waals surface area contributed by atoms with Gasteiger partial charge in [0.05, 0.1) is 0 Å². The van der Waals surface area contributed by atoms with Gasteiger partial charge < -0.3 is 5.32 Å². The van der Waals surface area contributed by atoms with Crippen molar-refractivity contribution < 1.29 is 0 Å². The fraction of sp³-hybridized carbons (Fsp3) is 1.00. The van der Waals surface area contributed by atoms with Gasteiger partial charge in [-0.15, -0.1) is 0 Å². The van der Waals surface area contributed by atoms with Crippen LogP contribution in [0.1, 0.15) is 53.9 Å². The smallest absolute Gasteiger partial charge is 0.0220 e. The molecule has 0 aromatic carbocycles. The van der Waals surface area contributed by atoms with E-state index in [1.807, 2.05) is 0 Å². The molecule has 2 heteroatoms. The molecule has 0 amide bonds. The average molecular weight is 228 g/mol. The van der Waals surface area contributed by atoms with E-state index in [1.165, 1.54) is 32.4 Å². The van der Waals surface area contributed by atoms with Crippen molar-refractivity contribution >= 4 is 0 Å². The van der Waals surface area contributed by atoms with E-state index in [9.17, 15) is 0 Å². The molecule has 0 saturated carbocycles. The largest absolute Gasteiger partial charge is 0.315 e. The molecule has 1 N–H and O–H groups in total. The molecule has 0 fully saturated rings. The van der Waals surface area contributed by atoms with Crippen LogP contribution < -0.4 is 5.32 Å². The molecule has 2 nitrogen and oxygen atoms in total. The van der Waals surface area contributed by atoms with Gasteiger partial charge in [-0.3, -0.25) is 4.90 Å². The van der Waals surface area contributed by atoms with E-state index in [-0.39, 0.29) is 0 Å². The molecule has 0 heterocycles. The van der Waals surface area contributed by atoms with Gasteiger partial charge in [0.15, 0.2) is 0 Å². The van der Waals surface area contributed by atoms with Crippen molar-refractivity contribution in [2.24, 2.45) is 5.92 Å². The van der Waals surface area contributed by atoms with E-state index in [0.29, 0.717) is 0 Å². The van der Waals surface area contributed by atoms with E-state index in [2.05, 4.69) is 44.8 Å². The second kappa shape index (κ2) is 10.1. The molecular formula is C14H32N2. The number of hydrogen-bond donors (Lipinski definition) is 1. The molecule has 98 valence electrons. The summed E-state index contributed by atoms with van der Waals surface area (Å²) in [5, 5.41) is 3.57. The van der Waals surface area contributed by atoms with Gasteiger partial charge >= 0.3 is 0 Å². The number of rotatable bonds is 10. The molecule has 1 atom stereocenters. The lowest BCUT2D eigenvalue weighted by molar-refractivity contribution is 0.171. The molecular weight excluding hydrogens is 196 g/mol. The Morgan fingerprint density at radius 2 is 1.75 bits per heavy atom. The zero-order valence-corrected chi connectivity index (χ0v) is 12.1. The maximum atomic E-state index is 3.57. The molecule has 16 heavy (non-hydrogen) atoms. The van der Waals surface area contributed by atoms with Crippen molar-refractivity contribution in [1.29, 1.82) is 0 Å². The Kier molecular flexibility index (Phi) is 10.0. The van der Waals surface area contributed by atoms with Gasteiger partial charge in [-0.05, 0) is 31.8 Å². The Hall–Kier alpha value is -0.0800. The zero-order chi connectivity index (χ0) is 12.4. The Morgan fingerprint density at radius 1 is 1.06 bits per heavy atom. The third-order valence-electron chi connectivity index (χ3n) is 2.95. The fourth-order valence-corrected chi connectivity index (χ4v) is 2.20. The molecule has 0 bridgehead atoms. The molecule has 1 unspecified atom stereocenters. The first-order valence-electron chi connectivity index (χ1n) is 7.10. The third kappa shape index (κ3) is 7.24. The van der Waals surface area contributed by atoms with E-state index < -0.39 is 0 Å². The molecule has 0 aromatic rings. The average Bonchev–Trinajstić information content (AvgIpc) is 2.25. The van der Waals surface area contributed by atoms with Crippen molar-refractivity contribution in [1.82, 2.24) is 10.2 Å². The van der Waals surface area contributed by atoms with Gasteiger partial charge in [-0.2, -0.15) is 0 Å². The number of likely N-dealkylation sites (N-methyl/N-ethyl adjacent to an activating group) is 1. The van der Waals surface area contributed by atoms with Crippen molar-refractivity contribution in [2.45, 2.75) is 59.9 Å². The van der Waals surface area contributed by atoms with Crippen LogP contribution in [0.5, 0.6) is 0 Å². The first-order chi connectivity index (χ1) is 7.65. The minimum absolute atomic E-state index is 0.726. The summed E-state index contributed by atoms with van der Waals surface area (Å²) in [6.45, 7) is 16.1. The SMILES string of the molecule is CCCNCC(CCC)N(CC)CC(C)C. The molecule has 0 aliphatic heterocycles. The standard InChI is InChI=1S/C14H32N2/c1-6-9-14(11-15-10-7-2)16(8-3)12-13(4)5/h13-15H,6-12H2,1-5H3. The van der Waals surface area contributed by atoms with E-state index >= 15 is 0 Å². The Labute approximate surface area is 103 Å². The third-order valence-corrected chi connectivity index (χ3v) is 2.95. The Bertz CT molecular complexity index is 146. The van der Waals surface area contributed by atoms with E-state index in [4.69, 9.17) is 0 Å². The van der Waals surface area contributed by atoms with Crippen LogP contribution >= 0.6 is 0 Å². The first-order valence-corrected chi connectivity index (χ1v) is 7.10. The van der Waals surface area contributed by atoms with Crippen LogP contribution in [-0.2, 0) is 0 Å². The molecule has 0 spiro atoms. The summed E-state index contributed by atoms with van der Waals surface area (Å²) in [5.41, 5.74) is 0. The molecule has 0 rings (SSSR count). The van der Waals surface area contributed by atoms with E-state index in [1.54, 1.807) is 0 Å². The van der Waals surface area contributed by atoms with Gasteiger partial charge in [0.1, 0.15) is 0 Å². The van der Waals surface area contributed by atoms with Crippen LogP contribution in [0.15, 0.2) is 0 Å². The highest BCUT2D eigenvalue weighted by atomic mass is 15.2. The summed E-state index contributed by atoms with van der Waals surface area (Å²) < 4.78 is 0. The van der Waals surface area contributed by atoms with Crippen LogP contribution in [0.4, 0.5) is 0 Å². The molecule has 0 aliphatic rings. The van der Waals surface area contributed by atoms with Crippen LogP contribution in [0.2, 0.25) is 0 Å². The van der Waals surface area contributed by atoms with Crippen molar-refractivity contribution in [3.05, 3.63) is 0 Å². The Morgan fingerprint density at radius 3 is 2.19 bits per heavy atom. The lowest BCUT2D eigenvalue weighted by Gasteiger charge is -2.32. The summed E-state index contributed by atoms with van der Waals surface area (Å²) in [4.78, 5) is 2.64. The molecule has 0 radical (unpaired) electrons. The van der Waals surface area contributed by atoms with Crippen molar-refractivity contribution in [3.63, 3.8) is 0 Å². The molecule has 0 saturated heterocycles. The summed E-state index contributed by atoms with van der Waals surface area (Å²) >= 11 is 0. The highest BCUT2D eigenvalue weighted by molar-refractivity contribution is 4.74. The maximum absolute atomic E-state index is 3.57. The van der Waals surface area contributed by atoms with Gasteiger partial charge in [-0.25, -0.2) is 0 Å². The first kappa shape index (κ1) is 15.9. The van der Waals surface area contributed by atoms with Crippen LogP contribution in [-0.4, -0.2) is 37.1 Å². The minimum Gasteiger partial charge on any atom is -0.315 e. The van der Waals surface area contributed by atoms with Crippen molar-refractivity contribution in [2.75, 3.05) is 26.2 Å². The van der Waals surface area contributed by atoms with Gasteiger partial charge in [-0.1, -0.05) is 41.0 Å². The second-order valence-corrected chi connectivity index (χ2v) is 5.13. The van der Waals surface area contributed by atoms with Gasteiger partial charge in [0.25, 0.3) is 0 Å². The number of hydrogen-bond acceptors (Lipinski definition) is 2. The Balaban J connectivity index is 4.11. The predicted molar refractivity (Wildman–Crippen MR) is 73.9 cm³/mol. The summed E-state index contributed by atoms with van der Waals surface area (Å²) in [5.74, 6) is 0.769. The summed E-state index contributed by atoms with van der Waals surface area (Å²) in [6, 6.07) is 0.726. The normalized spacial score (nSPS) is 13.7. The lowest BCUT2D eigenvalue weighted by Crippen LogP contribution is -2.44. The lowest BCUT2D eigenvalue weighted by atomic mass is 10.1. The van der Waals surface area contributed by atoms with Crippen LogP contribution in [0.3, 0.4) is 0 Å². The monoisotopic (exact) mass is 228 g/mol. The topological polar surface area (TPSA) is 15.3 Å². The van der Waals surface area contributed by atoms with Crippen LogP contribution in [0.25, 0.3) is 0 Å². The van der Waals surface area contributed by atoms with Gasteiger partial charge in [0.2, 0.25) is 0 Å². The molecule has 0 aliphatic carbocycles. The molecule has 0 aromatic heterocycles. The van der Waals surface area contributed by atoms with Crippen molar-refractivity contribution in [3.8, 4) is 0 Å². The quantitative estimate of drug-likeness (QED) is 0.578. The van der Waals surface area contributed by atoms with Crippen LogP contribution in [0, 0.1) is 5.92 Å². The summed E-state index contributed by atoms with van der Waals surface area (Å²) in [7, 11) is 0. The minimum atomic E-state index is 0.726. The second-order valence-electron chi connectivity index (χ2n) is 5.13.